The molecule has 3 aliphatic rings. The molecule has 0 saturated carbocycles. The molecule has 0 spiro atoms. The Morgan fingerprint density at radius 2 is 1.62 bits per heavy atom. The lowest BCUT2D eigenvalue weighted by atomic mass is 9.92. The number of piperidine rings is 1. The van der Waals surface area contributed by atoms with Crippen LogP contribution in [0.5, 0.6) is 0 Å². The number of nitrogens with one attached hydrogen (secondary N) is 1. The quantitative estimate of drug-likeness (QED) is 0.698. The van der Waals surface area contributed by atoms with Crippen molar-refractivity contribution >= 4 is 22.7 Å². The monoisotopic (exact) mass is 428 g/mol. The van der Waals surface area contributed by atoms with Crippen LogP contribution < -0.4 is 0 Å². The van der Waals surface area contributed by atoms with E-state index >= 15 is 0 Å². The van der Waals surface area contributed by atoms with E-state index in [1.807, 2.05) is 23.1 Å². The summed E-state index contributed by atoms with van der Waals surface area (Å²) in [5, 5.41) is 1.17. The van der Waals surface area contributed by atoms with Gasteiger partial charge in [0.15, 0.2) is 0 Å². The number of likely N-dealkylation sites (tertiary alicyclic amines) is 1. The van der Waals surface area contributed by atoms with E-state index in [-0.39, 0.29) is 30.4 Å². The van der Waals surface area contributed by atoms with Crippen molar-refractivity contribution in [3.63, 3.8) is 0 Å². The molecule has 2 aromatic carbocycles. The molecule has 3 aliphatic heterocycles. The molecule has 1 N–H and O–H groups in total. The molecule has 6 rings (SSSR count). The molecular formula is C26H28N4O2. The molecule has 2 amide bonds. The third-order valence-corrected chi connectivity index (χ3v) is 7.45. The maximum absolute atomic E-state index is 13.6. The minimum Gasteiger partial charge on any atom is -0.357 e. The highest BCUT2D eigenvalue weighted by molar-refractivity contribution is 5.97. The first kappa shape index (κ1) is 19.6. The zero-order valence-electron chi connectivity index (χ0n) is 18.2. The van der Waals surface area contributed by atoms with Crippen molar-refractivity contribution in [3.8, 4) is 0 Å². The fourth-order valence-electron chi connectivity index (χ4n) is 5.74. The molecule has 0 radical (unpaired) electrons. The predicted molar refractivity (Wildman–Crippen MR) is 123 cm³/mol. The van der Waals surface area contributed by atoms with Gasteiger partial charge in [0.1, 0.15) is 12.6 Å². The highest BCUT2D eigenvalue weighted by Gasteiger charge is 2.45. The summed E-state index contributed by atoms with van der Waals surface area (Å²) in [4.78, 5) is 36.2. The van der Waals surface area contributed by atoms with E-state index in [9.17, 15) is 9.59 Å². The average molecular weight is 429 g/mol. The van der Waals surface area contributed by atoms with Crippen molar-refractivity contribution in [3.05, 3.63) is 71.4 Å². The molecule has 0 unspecified atom stereocenters. The minimum absolute atomic E-state index is 0.0746. The fourth-order valence-corrected chi connectivity index (χ4v) is 5.74. The molecule has 4 heterocycles. The Morgan fingerprint density at radius 3 is 2.44 bits per heavy atom. The summed E-state index contributed by atoms with van der Waals surface area (Å²) in [5.74, 6) is 0.202. The number of carbonyl (C=O) groups is 2. The van der Waals surface area contributed by atoms with E-state index < -0.39 is 0 Å². The third-order valence-electron chi connectivity index (χ3n) is 7.45. The summed E-state index contributed by atoms with van der Waals surface area (Å²) in [7, 11) is 0. The molecule has 1 atom stereocenters. The topological polar surface area (TPSA) is 59.7 Å². The minimum atomic E-state index is -0.370. The summed E-state index contributed by atoms with van der Waals surface area (Å²) in [6.07, 6.45) is 2.46. The number of hydrogen-bond donors (Lipinski definition) is 1. The van der Waals surface area contributed by atoms with E-state index in [4.69, 9.17) is 0 Å². The Bertz CT molecular complexity index is 1160. The van der Waals surface area contributed by atoms with Crippen molar-refractivity contribution in [1.29, 1.82) is 0 Å². The van der Waals surface area contributed by atoms with Crippen LogP contribution >= 0.6 is 0 Å². The number of aromatic nitrogens is 1. The Labute approximate surface area is 187 Å². The van der Waals surface area contributed by atoms with E-state index in [1.165, 1.54) is 16.5 Å². The number of nitrogens with zero attached hydrogens (tertiary/aromatic N) is 3. The fraction of sp³-hybridized carbons (Fsp3) is 0.385. The Hall–Kier alpha value is -3.12. The number of aromatic amines is 1. The normalized spacial score (nSPS) is 22.3. The van der Waals surface area contributed by atoms with Crippen LogP contribution in [0.3, 0.4) is 0 Å². The molecule has 6 heteroatoms. The van der Waals surface area contributed by atoms with E-state index in [0.29, 0.717) is 13.0 Å². The lowest BCUT2D eigenvalue weighted by Crippen LogP contribution is -2.64. The van der Waals surface area contributed by atoms with Crippen LogP contribution in [0.25, 0.3) is 10.9 Å². The van der Waals surface area contributed by atoms with Crippen molar-refractivity contribution in [1.82, 2.24) is 19.7 Å². The van der Waals surface area contributed by atoms with Gasteiger partial charge >= 0.3 is 0 Å². The first-order chi connectivity index (χ1) is 15.7. The summed E-state index contributed by atoms with van der Waals surface area (Å²) in [6, 6.07) is 18.5. The number of piperazine rings is 1. The maximum atomic E-state index is 13.6. The number of hydrogen-bond acceptors (Lipinski definition) is 3. The molecule has 2 saturated heterocycles. The molecule has 0 bridgehead atoms. The molecule has 1 aromatic heterocycles. The van der Waals surface area contributed by atoms with Gasteiger partial charge in [-0.05, 0) is 30.0 Å². The summed E-state index contributed by atoms with van der Waals surface area (Å²) in [5.41, 5.74) is 4.68. The van der Waals surface area contributed by atoms with E-state index in [2.05, 4.69) is 46.3 Å². The number of para-hydroxylation sites is 1. The second-order valence-electron chi connectivity index (χ2n) is 9.33. The predicted octanol–water partition coefficient (Wildman–Crippen LogP) is 2.93. The van der Waals surface area contributed by atoms with E-state index in [1.54, 1.807) is 4.90 Å². The van der Waals surface area contributed by atoms with Gasteiger partial charge in [-0.3, -0.25) is 14.5 Å². The second-order valence-corrected chi connectivity index (χ2v) is 9.33. The van der Waals surface area contributed by atoms with Crippen LogP contribution in [-0.4, -0.2) is 63.2 Å². The van der Waals surface area contributed by atoms with Gasteiger partial charge in [0.05, 0.1) is 6.54 Å². The maximum Gasteiger partial charge on any atom is 0.246 e. The molecule has 0 aliphatic carbocycles. The number of H-pyrrole nitrogens is 1. The second kappa shape index (κ2) is 7.78. The lowest BCUT2D eigenvalue weighted by Gasteiger charge is -2.47. The lowest BCUT2D eigenvalue weighted by molar-refractivity contribution is -0.160. The van der Waals surface area contributed by atoms with Crippen LogP contribution in [0.15, 0.2) is 54.6 Å². The largest absolute Gasteiger partial charge is 0.357 e. The molecule has 32 heavy (non-hydrogen) atoms. The zero-order valence-corrected chi connectivity index (χ0v) is 18.2. The number of carbonyl (C=O) groups excluding carboxylic acids is 2. The molecule has 6 nitrogen and oxygen atoms in total. The van der Waals surface area contributed by atoms with Crippen LogP contribution in [0.2, 0.25) is 0 Å². The van der Waals surface area contributed by atoms with Crippen molar-refractivity contribution in [2.75, 3.05) is 19.6 Å². The summed E-state index contributed by atoms with van der Waals surface area (Å²) >= 11 is 0. The van der Waals surface area contributed by atoms with Gasteiger partial charge in [-0.1, -0.05) is 48.5 Å². The van der Waals surface area contributed by atoms with Crippen LogP contribution in [0.1, 0.15) is 29.7 Å². The number of fused-ring (bicyclic) bond motifs is 4. The standard InChI is InChI=1S/C26H28N4O2/c31-25-17-29(19-10-12-28(13-11-19)15-18-6-2-1-3-7-18)26(32)24-14-21-20-8-4-5-9-22(20)27-23(21)16-30(24)25/h1-9,19,24,27H,10-17H2/t24-/m1/s1. The van der Waals surface area contributed by atoms with Gasteiger partial charge in [0.25, 0.3) is 0 Å². The molecule has 2 fully saturated rings. The molecule has 164 valence electrons. The first-order valence-corrected chi connectivity index (χ1v) is 11.6. The Kier molecular flexibility index (Phi) is 4.76. The van der Waals surface area contributed by atoms with Crippen molar-refractivity contribution in [2.45, 2.75) is 44.4 Å². The number of benzene rings is 2. The Morgan fingerprint density at radius 1 is 0.875 bits per heavy atom. The third kappa shape index (κ3) is 3.30. The van der Waals surface area contributed by atoms with Gasteiger partial charge in [-0.25, -0.2) is 0 Å². The zero-order chi connectivity index (χ0) is 21.7. The first-order valence-electron chi connectivity index (χ1n) is 11.6. The van der Waals surface area contributed by atoms with Gasteiger partial charge in [-0.15, -0.1) is 0 Å². The van der Waals surface area contributed by atoms with Gasteiger partial charge < -0.3 is 14.8 Å². The molecular weight excluding hydrogens is 400 g/mol. The van der Waals surface area contributed by atoms with Crippen molar-refractivity contribution in [2.24, 2.45) is 0 Å². The Balaban J connectivity index is 1.17. The highest BCUT2D eigenvalue weighted by Crippen LogP contribution is 2.33. The average Bonchev–Trinajstić information content (AvgIpc) is 3.19. The number of rotatable bonds is 3. The SMILES string of the molecule is O=C1[C@H]2Cc3c([nH]c4ccccc34)CN2C(=O)CN1C1CCN(Cc2ccccc2)CC1. The molecule has 3 aromatic rings. The van der Waals surface area contributed by atoms with E-state index in [0.717, 1.165) is 43.7 Å². The highest BCUT2D eigenvalue weighted by atomic mass is 16.2. The van der Waals surface area contributed by atoms with Crippen molar-refractivity contribution < 1.29 is 9.59 Å². The summed E-state index contributed by atoms with van der Waals surface area (Å²) in [6.45, 7) is 3.58. The number of amides is 2. The smallest absolute Gasteiger partial charge is 0.246 e. The van der Waals surface area contributed by atoms with Crippen LogP contribution in [0.4, 0.5) is 0 Å². The van der Waals surface area contributed by atoms with Crippen LogP contribution in [-0.2, 0) is 29.1 Å². The van der Waals surface area contributed by atoms with Gasteiger partial charge in [0.2, 0.25) is 11.8 Å². The summed E-state index contributed by atoms with van der Waals surface area (Å²) < 4.78 is 0. The van der Waals surface area contributed by atoms with Gasteiger partial charge in [-0.2, -0.15) is 0 Å². The van der Waals surface area contributed by atoms with Gasteiger partial charge in [0, 0.05) is 48.7 Å². The van der Waals surface area contributed by atoms with Crippen LogP contribution in [0, 0.1) is 0 Å².